The Morgan fingerprint density at radius 1 is 1.16 bits per heavy atom. The zero-order valence-corrected chi connectivity index (χ0v) is 14.9. The van der Waals surface area contributed by atoms with E-state index in [2.05, 4.69) is 28.9 Å². The molecular formula is C20H26N3O2+. The van der Waals surface area contributed by atoms with E-state index in [9.17, 15) is 5.11 Å². The number of likely N-dealkylation sites (N-methyl/N-ethyl adjacent to an activating group) is 1. The van der Waals surface area contributed by atoms with E-state index >= 15 is 0 Å². The summed E-state index contributed by atoms with van der Waals surface area (Å²) in [6.45, 7) is 8.06. The molecule has 1 aliphatic rings. The van der Waals surface area contributed by atoms with Crippen LogP contribution in [-0.2, 0) is 0 Å². The number of ether oxygens (including phenoxy) is 1. The van der Waals surface area contributed by atoms with E-state index in [1.807, 2.05) is 12.1 Å². The van der Waals surface area contributed by atoms with Crippen molar-refractivity contribution in [3.8, 4) is 11.5 Å². The number of phenolic OH excluding ortho intramolecular Hbond substituents is 1. The van der Waals surface area contributed by atoms with Gasteiger partial charge in [0.25, 0.3) is 0 Å². The summed E-state index contributed by atoms with van der Waals surface area (Å²) >= 11 is 0. The first-order chi connectivity index (χ1) is 12.2. The SMILES string of the molecule is CC[NH+]1CCN(c2ccc(N=Cc3cc(OC)ccc3O)cc2)CC1. The number of rotatable bonds is 5. The van der Waals surface area contributed by atoms with Crippen LogP contribution < -0.4 is 14.5 Å². The van der Waals surface area contributed by atoms with Crippen LogP contribution in [0.4, 0.5) is 11.4 Å². The predicted molar refractivity (Wildman–Crippen MR) is 102 cm³/mol. The van der Waals surface area contributed by atoms with E-state index < -0.39 is 0 Å². The van der Waals surface area contributed by atoms with Crippen LogP contribution in [0, 0.1) is 0 Å². The first-order valence-electron chi connectivity index (χ1n) is 8.79. The first-order valence-corrected chi connectivity index (χ1v) is 8.79. The van der Waals surface area contributed by atoms with Crippen molar-refractivity contribution >= 4 is 17.6 Å². The van der Waals surface area contributed by atoms with Crippen molar-refractivity contribution in [2.24, 2.45) is 4.99 Å². The second-order valence-electron chi connectivity index (χ2n) is 6.29. The van der Waals surface area contributed by atoms with Crippen LogP contribution in [0.1, 0.15) is 12.5 Å². The van der Waals surface area contributed by atoms with Gasteiger partial charge in [-0.25, -0.2) is 0 Å². The monoisotopic (exact) mass is 340 g/mol. The number of methoxy groups -OCH3 is 1. The summed E-state index contributed by atoms with van der Waals surface area (Å²) in [7, 11) is 1.61. The second kappa shape index (κ2) is 8.03. The van der Waals surface area contributed by atoms with E-state index in [1.165, 1.54) is 25.3 Å². The highest BCUT2D eigenvalue weighted by atomic mass is 16.5. The lowest BCUT2D eigenvalue weighted by Gasteiger charge is -2.33. The number of anilines is 1. The Kier molecular flexibility index (Phi) is 5.56. The molecule has 0 saturated carbocycles. The molecule has 1 aliphatic heterocycles. The topological polar surface area (TPSA) is 49.5 Å². The van der Waals surface area contributed by atoms with Crippen molar-refractivity contribution in [3.63, 3.8) is 0 Å². The van der Waals surface area contributed by atoms with Crippen LogP contribution in [0.3, 0.4) is 0 Å². The van der Waals surface area contributed by atoms with Crippen molar-refractivity contribution in [1.29, 1.82) is 0 Å². The average molecular weight is 340 g/mol. The highest BCUT2D eigenvalue weighted by Crippen LogP contribution is 2.23. The molecule has 0 amide bonds. The number of quaternary nitrogens is 1. The molecule has 3 rings (SSSR count). The van der Waals surface area contributed by atoms with Gasteiger partial charge < -0.3 is 19.6 Å². The van der Waals surface area contributed by atoms with Crippen molar-refractivity contribution in [2.75, 3.05) is 44.7 Å². The smallest absolute Gasteiger partial charge is 0.124 e. The molecule has 25 heavy (non-hydrogen) atoms. The standard InChI is InChI=1S/C20H25N3O2/c1-3-22-10-12-23(13-11-22)18-6-4-17(5-7-18)21-15-16-14-19(25-2)8-9-20(16)24/h4-9,14-15,24H,3,10-13H2,1-2H3/p+1. The third-order valence-corrected chi connectivity index (χ3v) is 4.77. The number of hydrogen-bond donors (Lipinski definition) is 2. The van der Waals surface area contributed by atoms with Gasteiger partial charge in [0.1, 0.15) is 11.5 Å². The maximum Gasteiger partial charge on any atom is 0.124 e. The van der Waals surface area contributed by atoms with Crippen molar-refractivity contribution in [2.45, 2.75) is 6.92 Å². The average Bonchev–Trinajstić information content (AvgIpc) is 2.68. The zero-order chi connectivity index (χ0) is 17.6. The highest BCUT2D eigenvalue weighted by molar-refractivity contribution is 5.86. The molecule has 5 nitrogen and oxygen atoms in total. The van der Waals surface area contributed by atoms with Crippen LogP contribution in [0.25, 0.3) is 0 Å². The summed E-state index contributed by atoms with van der Waals surface area (Å²) in [5, 5.41) is 9.91. The van der Waals surface area contributed by atoms with E-state index in [-0.39, 0.29) is 5.75 Å². The molecule has 0 unspecified atom stereocenters. The maximum atomic E-state index is 9.91. The fourth-order valence-corrected chi connectivity index (χ4v) is 3.09. The van der Waals surface area contributed by atoms with Crippen LogP contribution >= 0.6 is 0 Å². The molecule has 2 aromatic carbocycles. The minimum absolute atomic E-state index is 0.192. The Balaban J connectivity index is 1.67. The van der Waals surface area contributed by atoms with Gasteiger partial charge in [-0.15, -0.1) is 0 Å². The van der Waals surface area contributed by atoms with Gasteiger partial charge in [0, 0.05) is 17.5 Å². The number of nitrogens with zero attached hydrogens (tertiary/aromatic N) is 2. The van der Waals surface area contributed by atoms with Gasteiger partial charge in [-0.2, -0.15) is 0 Å². The number of phenols is 1. The van der Waals surface area contributed by atoms with Gasteiger partial charge in [-0.05, 0) is 49.4 Å². The van der Waals surface area contributed by atoms with E-state index in [0.29, 0.717) is 11.3 Å². The van der Waals surface area contributed by atoms with Gasteiger partial charge in [-0.1, -0.05) is 0 Å². The number of aromatic hydroxyl groups is 1. The molecule has 2 N–H and O–H groups in total. The number of piperazine rings is 1. The van der Waals surface area contributed by atoms with Gasteiger partial charge in [0.2, 0.25) is 0 Å². The lowest BCUT2D eigenvalue weighted by molar-refractivity contribution is -0.898. The number of nitrogens with one attached hydrogen (secondary N) is 1. The quantitative estimate of drug-likeness (QED) is 0.817. The molecule has 1 heterocycles. The van der Waals surface area contributed by atoms with Gasteiger partial charge in [-0.3, -0.25) is 4.99 Å². The Labute approximate surface area is 149 Å². The van der Waals surface area contributed by atoms with Crippen molar-refractivity contribution < 1.29 is 14.7 Å². The summed E-state index contributed by atoms with van der Waals surface area (Å²) < 4.78 is 5.18. The third kappa shape index (κ3) is 4.31. The molecule has 0 bridgehead atoms. The minimum atomic E-state index is 0.192. The fourth-order valence-electron chi connectivity index (χ4n) is 3.09. The Morgan fingerprint density at radius 2 is 1.88 bits per heavy atom. The molecule has 0 aromatic heterocycles. The normalized spacial score (nSPS) is 15.7. The van der Waals surface area contributed by atoms with Crippen LogP contribution in [0.5, 0.6) is 11.5 Å². The largest absolute Gasteiger partial charge is 0.507 e. The molecule has 2 aromatic rings. The number of hydrogen-bond acceptors (Lipinski definition) is 4. The predicted octanol–water partition coefficient (Wildman–Crippen LogP) is 1.88. The molecule has 1 fully saturated rings. The summed E-state index contributed by atoms with van der Waals surface area (Å²) in [6.07, 6.45) is 1.66. The summed E-state index contributed by atoms with van der Waals surface area (Å²) in [5.74, 6) is 0.889. The van der Waals surface area contributed by atoms with E-state index in [0.717, 1.165) is 18.8 Å². The first kappa shape index (κ1) is 17.3. The van der Waals surface area contributed by atoms with E-state index in [4.69, 9.17) is 4.74 Å². The molecule has 0 aliphatic carbocycles. The molecule has 132 valence electrons. The van der Waals surface area contributed by atoms with Gasteiger partial charge >= 0.3 is 0 Å². The zero-order valence-electron chi connectivity index (χ0n) is 14.9. The summed E-state index contributed by atoms with van der Waals surface area (Å²) in [4.78, 5) is 8.57. The molecule has 1 saturated heterocycles. The van der Waals surface area contributed by atoms with E-state index in [1.54, 1.807) is 36.4 Å². The molecule has 0 radical (unpaired) electrons. The molecular weight excluding hydrogens is 314 g/mol. The second-order valence-corrected chi connectivity index (χ2v) is 6.29. The van der Waals surface area contributed by atoms with Gasteiger partial charge in [0.05, 0.1) is 45.5 Å². The summed E-state index contributed by atoms with van der Waals surface area (Å²) in [5.41, 5.74) is 2.75. The Hall–Kier alpha value is -2.53. The molecule has 5 heteroatoms. The maximum absolute atomic E-state index is 9.91. The highest BCUT2D eigenvalue weighted by Gasteiger charge is 2.18. The minimum Gasteiger partial charge on any atom is -0.507 e. The summed E-state index contributed by atoms with van der Waals surface area (Å²) in [6, 6.07) is 13.4. The molecule has 0 spiro atoms. The Bertz CT molecular complexity index is 720. The Morgan fingerprint density at radius 3 is 2.52 bits per heavy atom. The van der Waals surface area contributed by atoms with Gasteiger partial charge in [0.15, 0.2) is 0 Å². The van der Waals surface area contributed by atoms with Crippen LogP contribution in [0.2, 0.25) is 0 Å². The lowest BCUT2D eigenvalue weighted by atomic mass is 10.2. The number of benzene rings is 2. The molecule has 0 atom stereocenters. The lowest BCUT2D eigenvalue weighted by Crippen LogP contribution is -3.14. The van der Waals surface area contributed by atoms with Crippen molar-refractivity contribution in [3.05, 3.63) is 48.0 Å². The fraction of sp³-hybridized carbons (Fsp3) is 0.350. The van der Waals surface area contributed by atoms with Crippen LogP contribution in [-0.4, -0.2) is 51.2 Å². The van der Waals surface area contributed by atoms with Crippen molar-refractivity contribution in [1.82, 2.24) is 0 Å². The van der Waals surface area contributed by atoms with Crippen LogP contribution in [0.15, 0.2) is 47.5 Å². The third-order valence-electron chi connectivity index (χ3n) is 4.77. The number of aliphatic imine (C=N–C) groups is 1.